The third-order valence-electron chi connectivity index (χ3n) is 4.68. The van der Waals surface area contributed by atoms with Crippen LogP contribution in [-0.2, 0) is 6.42 Å². The van der Waals surface area contributed by atoms with Gasteiger partial charge in [-0.2, -0.15) is 0 Å². The zero-order valence-corrected chi connectivity index (χ0v) is 11.1. The summed E-state index contributed by atoms with van der Waals surface area (Å²) in [6.45, 7) is 0. The fourth-order valence-corrected chi connectivity index (χ4v) is 3.80. The van der Waals surface area contributed by atoms with Gasteiger partial charge in [-0.3, -0.25) is 0 Å². The van der Waals surface area contributed by atoms with E-state index in [1.54, 1.807) is 0 Å². The maximum Gasteiger partial charge on any atom is 0.0211 e. The Labute approximate surface area is 118 Å². The minimum atomic E-state index is 0.469. The van der Waals surface area contributed by atoms with Gasteiger partial charge in [0.2, 0.25) is 0 Å². The van der Waals surface area contributed by atoms with Crippen LogP contribution >= 0.6 is 0 Å². The third kappa shape index (κ3) is 1.21. The lowest BCUT2D eigenvalue weighted by atomic mass is 9.78. The smallest absolute Gasteiger partial charge is 0.0211 e. The number of benzene rings is 3. The van der Waals surface area contributed by atoms with E-state index in [0.717, 1.165) is 6.42 Å². The molecule has 0 fully saturated rings. The molecule has 0 bridgehead atoms. The highest BCUT2D eigenvalue weighted by atomic mass is 14.3. The standard InChI is InChI=1S/C20H14/c1-2-7-17-15(4-1)12-16-9-8-13-5-3-6-14-10-11-18(17)20(16)19(13)14/h1-4,6-12,14H,5H2. The van der Waals surface area contributed by atoms with Crippen molar-refractivity contribution in [3.05, 3.63) is 77.4 Å². The second kappa shape index (κ2) is 3.61. The third-order valence-corrected chi connectivity index (χ3v) is 4.68. The van der Waals surface area contributed by atoms with Gasteiger partial charge in [-0.05, 0) is 50.7 Å². The summed E-state index contributed by atoms with van der Waals surface area (Å²) in [5.74, 6) is 0.469. The molecule has 0 saturated carbocycles. The average molecular weight is 254 g/mol. The Balaban J connectivity index is 2.06. The van der Waals surface area contributed by atoms with Gasteiger partial charge in [0.15, 0.2) is 0 Å². The van der Waals surface area contributed by atoms with E-state index in [1.165, 1.54) is 38.2 Å². The highest BCUT2D eigenvalue weighted by Crippen LogP contribution is 2.42. The Morgan fingerprint density at radius 2 is 1.85 bits per heavy atom. The zero-order chi connectivity index (χ0) is 13.1. The molecule has 2 aliphatic rings. The molecule has 1 unspecified atom stereocenters. The number of hydrogen-bond acceptors (Lipinski definition) is 0. The van der Waals surface area contributed by atoms with E-state index in [1.807, 2.05) is 0 Å². The molecule has 2 aliphatic carbocycles. The molecule has 20 heavy (non-hydrogen) atoms. The molecule has 0 saturated heterocycles. The molecule has 3 aromatic rings. The molecule has 0 N–H and O–H groups in total. The van der Waals surface area contributed by atoms with Crippen molar-refractivity contribution in [2.75, 3.05) is 0 Å². The van der Waals surface area contributed by atoms with E-state index in [2.05, 4.69) is 66.8 Å². The molecule has 0 aromatic heterocycles. The second-order valence-corrected chi connectivity index (χ2v) is 5.77. The summed E-state index contributed by atoms with van der Waals surface area (Å²) in [5.41, 5.74) is 4.43. The number of allylic oxidation sites excluding steroid dienone is 3. The predicted octanol–water partition coefficient (Wildman–Crippen LogP) is 5.22. The Morgan fingerprint density at radius 1 is 0.900 bits per heavy atom. The van der Waals surface area contributed by atoms with Crippen LogP contribution in [0.2, 0.25) is 0 Å². The van der Waals surface area contributed by atoms with Gasteiger partial charge >= 0.3 is 0 Å². The molecule has 0 heteroatoms. The van der Waals surface area contributed by atoms with E-state index in [9.17, 15) is 0 Å². The number of fused-ring (bicyclic) bond motifs is 2. The highest BCUT2D eigenvalue weighted by Gasteiger charge is 2.22. The highest BCUT2D eigenvalue weighted by molar-refractivity contribution is 6.09. The number of hydrogen-bond donors (Lipinski definition) is 0. The summed E-state index contributed by atoms with van der Waals surface area (Å²) in [6, 6.07) is 15.7. The minimum Gasteiger partial charge on any atom is -0.0832 e. The second-order valence-electron chi connectivity index (χ2n) is 5.77. The Kier molecular flexibility index (Phi) is 1.88. The lowest BCUT2D eigenvalue weighted by Crippen LogP contribution is -2.07. The van der Waals surface area contributed by atoms with Crippen LogP contribution in [0.4, 0.5) is 0 Å². The van der Waals surface area contributed by atoms with Crippen molar-refractivity contribution in [1.82, 2.24) is 0 Å². The van der Waals surface area contributed by atoms with E-state index in [0.29, 0.717) is 5.92 Å². The van der Waals surface area contributed by atoms with Crippen molar-refractivity contribution < 1.29 is 0 Å². The molecule has 0 aliphatic heterocycles. The molecule has 3 aromatic carbocycles. The monoisotopic (exact) mass is 254 g/mol. The Bertz CT molecular complexity index is 926. The van der Waals surface area contributed by atoms with Crippen molar-refractivity contribution >= 4 is 27.6 Å². The van der Waals surface area contributed by atoms with Gasteiger partial charge < -0.3 is 0 Å². The van der Waals surface area contributed by atoms with Crippen molar-refractivity contribution in [2.45, 2.75) is 12.3 Å². The van der Waals surface area contributed by atoms with Crippen molar-refractivity contribution in [3.63, 3.8) is 0 Å². The number of rotatable bonds is 0. The van der Waals surface area contributed by atoms with Gasteiger partial charge in [-0.25, -0.2) is 0 Å². The largest absolute Gasteiger partial charge is 0.0832 e. The topological polar surface area (TPSA) is 0 Å². The van der Waals surface area contributed by atoms with Gasteiger partial charge in [0.05, 0.1) is 0 Å². The Morgan fingerprint density at radius 3 is 2.85 bits per heavy atom. The van der Waals surface area contributed by atoms with E-state index in [-0.39, 0.29) is 0 Å². The van der Waals surface area contributed by atoms with Crippen LogP contribution in [0.15, 0.2) is 60.7 Å². The van der Waals surface area contributed by atoms with Crippen LogP contribution in [0.3, 0.4) is 0 Å². The summed E-state index contributed by atoms with van der Waals surface area (Å²) in [5, 5.41) is 5.56. The summed E-state index contributed by atoms with van der Waals surface area (Å²) in [4.78, 5) is 0. The first-order valence-electron chi connectivity index (χ1n) is 7.24. The van der Waals surface area contributed by atoms with Gasteiger partial charge in [0.25, 0.3) is 0 Å². The zero-order valence-electron chi connectivity index (χ0n) is 11.1. The first-order valence-corrected chi connectivity index (χ1v) is 7.24. The fraction of sp³-hybridized carbons (Fsp3) is 0.100. The predicted molar refractivity (Wildman–Crippen MR) is 86.1 cm³/mol. The molecule has 0 amide bonds. The van der Waals surface area contributed by atoms with Crippen LogP contribution in [0.1, 0.15) is 22.6 Å². The van der Waals surface area contributed by atoms with Crippen LogP contribution in [0.25, 0.3) is 27.6 Å². The van der Waals surface area contributed by atoms with Crippen LogP contribution in [-0.4, -0.2) is 0 Å². The lowest BCUT2D eigenvalue weighted by Gasteiger charge is -2.26. The maximum absolute atomic E-state index is 2.35. The van der Waals surface area contributed by atoms with Crippen LogP contribution in [0.5, 0.6) is 0 Å². The van der Waals surface area contributed by atoms with Crippen molar-refractivity contribution in [1.29, 1.82) is 0 Å². The summed E-state index contributed by atoms with van der Waals surface area (Å²) in [6.07, 6.45) is 10.4. The summed E-state index contributed by atoms with van der Waals surface area (Å²) >= 11 is 0. The van der Waals surface area contributed by atoms with Gasteiger partial charge in [0.1, 0.15) is 0 Å². The quantitative estimate of drug-likeness (QED) is 0.381. The van der Waals surface area contributed by atoms with E-state index in [4.69, 9.17) is 0 Å². The van der Waals surface area contributed by atoms with Gasteiger partial charge in [0, 0.05) is 5.92 Å². The average Bonchev–Trinajstić information content (AvgIpc) is 2.52. The van der Waals surface area contributed by atoms with Gasteiger partial charge in [-0.15, -0.1) is 0 Å². The van der Waals surface area contributed by atoms with Crippen LogP contribution < -0.4 is 0 Å². The molecule has 5 rings (SSSR count). The SMILES string of the molecule is C1=CC2C=Cc3c4ccccc4cc4ccc(c2c34)C1. The molecular formula is C20H14. The van der Waals surface area contributed by atoms with Crippen molar-refractivity contribution in [3.8, 4) is 0 Å². The van der Waals surface area contributed by atoms with Gasteiger partial charge in [-0.1, -0.05) is 60.7 Å². The molecule has 0 radical (unpaired) electrons. The molecule has 1 atom stereocenters. The molecular weight excluding hydrogens is 240 g/mol. The molecule has 0 nitrogen and oxygen atoms in total. The first-order chi connectivity index (χ1) is 9.92. The maximum atomic E-state index is 2.35. The molecule has 94 valence electrons. The minimum absolute atomic E-state index is 0.469. The fourth-order valence-electron chi connectivity index (χ4n) is 3.80. The lowest BCUT2D eigenvalue weighted by molar-refractivity contribution is 1.00. The van der Waals surface area contributed by atoms with Crippen LogP contribution in [0, 0.1) is 0 Å². The normalized spacial score (nSPS) is 18.9. The summed E-state index contributed by atoms with van der Waals surface area (Å²) in [7, 11) is 0. The van der Waals surface area contributed by atoms with Crippen molar-refractivity contribution in [2.24, 2.45) is 0 Å². The molecule has 0 heterocycles. The van der Waals surface area contributed by atoms with E-state index < -0.39 is 0 Å². The Hall–Kier alpha value is -2.34. The summed E-state index contributed by atoms with van der Waals surface area (Å²) < 4.78 is 0. The molecule has 0 spiro atoms. The first kappa shape index (κ1) is 10.4. The van der Waals surface area contributed by atoms with E-state index >= 15 is 0 Å².